The Morgan fingerprint density at radius 1 is 0.846 bits per heavy atom. The largest absolute Gasteiger partial charge is 0.493 e. The summed E-state index contributed by atoms with van der Waals surface area (Å²) >= 11 is 6.59. The number of anilines is 1. The lowest BCUT2D eigenvalue weighted by Gasteiger charge is -2.32. The van der Waals surface area contributed by atoms with E-state index in [0.29, 0.717) is 107 Å². The molecule has 0 unspecified atom stereocenters. The first-order valence-electron chi connectivity index (χ1n) is 30.6. The van der Waals surface area contributed by atoms with E-state index in [4.69, 9.17) is 30.8 Å². The van der Waals surface area contributed by atoms with E-state index < -0.39 is 46.1 Å². The van der Waals surface area contributed by atoms with Gasteiger partial charge in [-0.2, -0.15) is 0 Å². The maximum Gasteiger partial charge on any atom is 0.415 e. The summed E-state index contributed by atoms with van der Waals surface area (Å²) in [5.74, 6) is -1.55. The van der Waals surface area contributed by atoms with Gasteiger partial charge in [-0.3, -0.25) is 33.8 Å². The van der Waals surface area contributed by atoms with Gasteiger partial charge in [0.05, 0.1) is 41.4 Å². The van der Waals surface area contributed by atoms with Gasteiger partial charge in [0.15, 0.2) is 11.5 Å². The molecule has 5 aromatic rings. The van der Waals surface area contributed by atoms with Crippen molar-refractivity contribution in [3.05, 3.63) is 149 Å². The zero-order chi connectivity index (χ0) is 64.8. The molecule has 1 saturated heterocycles. The lowest BCUT2D eigenvalue weighted by Crippen LogP contribution is -2.55. The van der Waals surface area contributed by atoms with Crippen molar-refractivity contribution in [1.82, 2.24) is 34.5 Å². The van der Waals surface area contributed by atoms with Gasteiger partial charge < -0.3 is 49.3 Å². The van der Waals surface area contributed by atoms with Gasteiger partial charge in [-0.15, -0.1) is 11.6 Å². The van der Waals surface area contributed by atoms with Crippen molar-refractivity contribution in [2.75, 3.05) is 77.8 Å². The number of rotatable bonds is 22. The van der Waals surface area contributed by atoms with Crippen molar-refractivity contribution < 1.29 is 56.2 Å². The number of amides is 7. The summed E-state index contributed by atoms with van der Waals surface area (Å²) in [6.45, 7) is 12.5. The van der Waals surface area contributed by atoms with Crippen LogP contribution in [0.5, 0.6) is 17.2 Å². The lowest BCUT2D eigenvalue weighted by atomic mass is 9.94. The fraction of sp³-hybridized carbons (Fsp3) is 0.382. The van der Waals surface area contributed by atoms with E-state index in [1.54, 1.807) is 76.1 Å². The lowest BCUT2D eigenvalue weighted by molar-refractivity contribution is -0.134. The van der Waals surface area contributed by atoms with E-state index >= 15 is 0 Å². The molecule has 5 aliphatic heterocycles. The fourth-order valence-electron chi connectivity index (χ4n) is 12.1. The first-order chi connectivity index (χ1) is 43.6. The smallest absolute Gasteiger partial charge is 0.415 e. The number of alkyl halides is 1. The molecule has 23 heteroatoms. The van der Waals surface area contributed by atoms with Crippen LogP contribution in [0.4, 0.5) is 16.2 Å². The number of ether oxygens (including phenoxy) is 3. The highest BCUT2D eigenvalue weighted by molar-refractivity contribution is 7.89. The van der Waals surface area contributed by atoms with Gasteiger partial charge >= 0.3 is 6.09 Å². The normalized spacial score (nSPS) is 17.9. The molecule has 478 valence electrons. The van der Waals surface area contributed by atoms with Crippen molar-refractivity contribution >= 4 is 97.1 Å². The number of sulfonamides is 1. The molecule has 0 aliphatic carbocycles. The van der Waals surface area contributed by atoms with Crippen LogP contribution in [0.1, 0.15) is 91.4 Å². The van der Waals surface area contributed by atoms with Crippen LogP contribution in [0.15, 0.2) is 131 Å². The number of methoxy groups -OCH3 is 1. The molecule has 5 aliphatic rings. The molecule has 1 fully saturated rings. The Kier molecular flexibility index (Phi) is 20.1. The molecular formula is C68H76ClN9O12S. The predicted molar refractivity (Wildman–Crippen MR) is 347 cm³/mol. The molecule has 2 N–H and O–H groups in total. The summed E-state index contributed by atoms with van der Waals surface area (Å²) in [4.78, 5) is 107. The number of likely N-dealkylation sites (N-methyl/N-ethyl adjacent to an activating group) is 2. The van der Waals surface area contributed by atoms with Crippen molar-refractivity contribution in [3.63, 3.8) is 0 Å². The van der Waals surface area contributed by atoms with Crippen molar-refractivity contribution in [2.24, 2.45) is 10.9 Å². The minimum atomic E-state index is -4.38. The summed E-state index contributed by atoms with van der Waals surface area (Å²) < 4.78 is 46.5. The summed E-state index contributed by atoms with van der Waals surface area (Å²) in [6.07, 6.45) is 8.77. The third-order valence-electron chi connectivity index (χ3n) is 17.3. The SMILES string of the molecule is C=C1C=CC(=O)N1CCCCCC(=O)N[C@H](C(=O)N[C@@H](C)C(=O)N(C)S(=O)(=O)c1ccc(C2=CCN3C(=O)c4cc(OC)c(OCc5cccc(CC(=O)N6C[C@@H](CCl)c7c6cc(OC(=O)N6CCN(C)CC6)c6ccccc76)c5)cc4N=C[C@@H]3C2)cc1)C(C)C. The average Bonchev–Trinajstić information content (AvgIpc) is 1.65. The van der Waals surface area contributed by atoms with E-state index in [9.17, 15) is 42.0 Å². The molecule has 7 amide bonds. The number of aliphatic imine (C=N–C) groups is 1. The Hall–Kier alpha value is -8.86. The zero-order valence-electron chi connectivity index (χ0n) is 52.0. The van der Waals surface area contributed by atoms with Gasteiger partial charge in [0, 0.05) is 107 Å². The number of allylic oxidation sites excluding steroid dienone is 1. The Balaban J connectivity index is 0.737. The van der Waals surface area contributed by atoms with Crippen LogP contribution in [-0.4, -0.2) is 171 Å². The number of halogens is 1. The summed E-state index contributed by atoms with van der Waals surface area (Å²) in [5, 5.41) is 6.99. The third-order valence-corrected chi connectivity index (χ3v) is 19.5. The third kappa shape index (κ3) is 14.4. The van der Waals surface area contributed by atoms with Crippen LogP contribution in [0.2, 0.25) is 0 Å². The summed E-state index contributed by atoms with van der Waals surface area (Å²) in [7, 11) is 0.249. The molecule has 5 aromatic carbocycles. The Morgan fingerprint density at radius 2 is 1.58 bits per heavy atom. The number of nitrogens with one attached hydrogen (secondary N) is 2. The topological polar surface area (TPSA) is 237 Å². The second-order valence-electron chi connectivity index (χ2n) is 23.9. The Morgan fingerprint density at radius 3 is 2.29 bits per heavy atom. The zero-order valence-corrected chi connectivity index (χ0v) is 53.6. The minimum absolute atomic E-state index is 0.0745. The fourth-order valence-corrected chi connectivity index (χ4v) is 13.5. The Bertz CT molecular complexity index is 3880. The number of carbonyl (C=O) groups is 7. The van der Waals surface area contributed by atoms with Crippen molar-refractivity contribution in [3.8, 4) is 17.2 Å². The number of hydrogen-bond donors (Lipinski definition) is 2. The number of carbonyl (C=O) groups excluding carboxylic acids is 7. The van der Waals surface area contributed by atoms with Gasteiger partial charge in [0.25, 0.3) is 27.7 Å². The molecule has 21 nitrogen and oxygen atoms in total. The number of piperazine rings is 1. The quantitative estimate of drug-likeness (QED) is 0.0490. The van der Waals surface area contributed by atoms with Crippen LogP contribution in [0, 0.1) is 5.92 Å². The maximum atomic E-state index is 14.4. The van der Waals surface area contributed by atoms with Crippen LogP contribution >= 0.6 is 11.6 Å². The number of unbranched alkanes of at least 4 members (excludes halogenated alkanes) is 2. The van der Waals surface area contributed by atoms with Crippen LogP contribution in [-0.2, 0) is 47.0 Å². The van der Waals surface area contributed by atoms with Crippen LogP contribution < -0.4 is 29.7 Å². The highest BCUT2D eigenvalue weighted by atomic mass is 35.5. The monoisotopic (exact) mass is 1280 g/mol. The molecule has 91 heavy (non-hydrogen) atoms. The van der Waals surface area contributed by atoms with Crippen LogP contribution in [0.25, 0.3) is 16.3 Å². The number of benzene rings is 5. The highest BCUT2D eigenvalue weighted by Gasteiger charge is 2.38. The summed E-state index contributed by atoms with van der Waals surface area (Å²) in [5.41, 5.74) is 6.03. The summed E-state index contributed by atoms with van der Waals surface area (Å²) in [6, 6.07) is 23.7. The second kappa shape index (κ2) is 28.1. The van der Waals surface area contributed by atoms with Gasteiger partial charge in [0.1, 0.15) is 24.4 Å². The molecule has 4 atom stereocenters. The molecule has 0 aromatic heterocycles. The molecule has 10 rings (SSSR count). The van der Waals surface area contributed by atoms with E-state index in [1.165, 1.54) is 32.2 Å². The molecule has 0 spiro atoms. The number of fused-ring (bicyclic) bond motifs is 5. The van der Waals surface area contributed by atoms with Gasteiger partial charge in [-0.05, 0) is 96.6 Å². The van der Waals surface area contributed by atoms with Crippen molar-refractivity contribution in [1.29, 1.82) is 0 Å². The number of nitrogens with zero attached hydrogens (tertiary/aromatic N) is 7. The first kappa shape index (κ1) is 65.1. The molecule has 0 bridgehead atoms. The second-order valence-corrected chi connectivity index (χ2v) is 26.2. The van der Waals surface area contributed by atoms with E-state index in [2.05, 4.69) is 22.1 Å². The minimum Gasteiger partial charge on any atom is -0.493 e. The molecule has 0 radical (unpaired) electrons. The highest BCUT2D eigenvalue weighted by Crippen LogP contribution is 2.46. The molecule has 0 saturated carbocycles. The van der Waals surface area contributed by atoms with Gasteiger partial charge in [-0.25, -0.2) is 17.5 Å². The maximum absolute atomic E-state index is 14.4. The predicted octanol–water partition coefficient (Wildman–Crippen LogP) is 8.36. The van der Waals surface area contributed by atoms with Crippen molar-refractivity contribution in [2.45, 2.75) is 94.8 Å². The van der Waals surface area contributed by atoms with Gasteiger partial charge in [-0.1, -0.05) is 93.6 Å². The van der Waals surface area contributed by atoms with Gasteiger partial charge in [0.2, 0.25) is 17.7 Å². The van der Waals surface area contributed by atoms with E-state index in [1.807, 2.05) is 61.7 Å². The Labute approximate surface area is 535 Å². The van der Waals surface area contributed by atoms with E-state index in [0.717, 1.165) is 53.2 Å². The number of hydrogen-bond acceptors (Lipinski definition) is 14. The van der Waals surface area contributed by atoms with E-state index in [-0.39, 0.29) is 66.4 Å². The molecule has 5 heterocycles. The molecular weight excluding hydrogens is 1200 g/mol. The average molecular weight is 1280 g/mol. The first-order valence-corrected chi connectivity index (χ1v) is 32.6. The standard InChI is InChI=1S/C68H76ClN9O12S/c1-42(2)64(72-60(79)18-9-8-12-26-76-43(3)19-24-61(76)80)65(82)71-44(4)66(83)74(6)91(86,87)51-22-20-47(21-23-51)48-25-27-77-50(34-48)39-70-55-36-59(58(88-7)35-54(55)67(77)84)89-41-46-15-13-14-45(32-46)33-62(81)78-40-49(38-69)63-53-17-11-10-16-52(53)57(37-56(63)78)90-68(85)75-30-28-73(5)29-31-75/h10-11,13-17,19-25,32,35-37,39,42,44,49-50,64H,3,8-9,12,18,26-31,33-34,38,40-41H2,1-2,4-7H3,(H,71,82)(H,72,79)/t44-,49+,50-,64-/m0/s1. The van der Waals surface area contributed by atoms with Crippen LogP contribution in [0.3, 0.4) is 0 Å².